The van der Waals surface area contributed by atoms with E-state index in [2.05, 4.69) is 25.7 Å². The van der Waals surface area contributed by atoms with Gasteiger partial charge in [-0.2, -0.15) is 0 Å². The summed E-state index contributed by atoms with van der Waals surface area (Å²) >= 11 is 0. The Balaban J connectivity index is 2.42. The first-order valence-corrected chi connectivity index (χ1v) is 5.56. The van der Waals surface area contributed by atoms with Gasteiger partial charge in [-0.15, -0.1) is 0 Å². The van der Waals surface area contributed by atoms with Gasteiger partial charge in [0.25, 0.3) is 0 Å². The molecule has 1 rings (SSSR count). The summed E-state index contributed by atoms with van der Waals surface area (Å²) in [7, 11) is 0. The van der Waals surface area contributed by atoms with E-state index >= 15 is 0 Å². The molecular formula is C12H21NO. The van der Waals surface area contributed by atoms with E-state index in [4.69, 9.17) is 0 Å². The number of carbonyl (C=O) groups is 1. The highest BCUT2D eigenvalue weighted by Gasteiger charge is 2.28. The lowest BCUT2D eigenvalue weighted by molar-refractivity contribution is -0.117. The van der Waals surface area contributed by atoms with Crippen LogP contribution in [0.25, 0.3) is 0 Å². The van der Waals surface area contributed by atoms with Crippen LogP contribution in [0.3, 0.4) is 0 Å². The van der Waals surface area contributed by atoms with Gasteiger partial charge in [-0.1, -0.05) is 26.8 Å². The Hall–Kier alpha value is -0.790. The third-order valence-corrected chi connectivity index (χ3v) is 2.95. The Morgan fingerprint density at radius 3 is 2.86 bits per heavy atom. The minimum atomic E-state index is -0.0225. The van der Waals surface area contributed by atoms with Gasteiger partial charge in [0.15, 0.2) is 0 Å². The summed E-state index contributed by atoms with van der Waals surface area (Å²) in [6, 6.07) is 0.392. The second-order valence-corrected chi connectivity index (χ2v) is 4.64. The van der Waals surface area contributed by atoms with Crippen LogP contribution in [0.4, 0.5) is 0 Å². The molecule has 0 aromatic heterocycles. The monoisotopic (exact) mass is 195 g/mol. The zero-order valence-electron chi connectivity index (χ0n) is 9.25. The summed E-state index contributed by atoms with van der Waals surface area (Å²) in [6.07, 6.45) is 6.24. The molecule has 0 spiro atoms. The van der Waals surface area contributed by atoms with Gasteiger partial charge < -0.3 is 5.32 Å². The zero-order chi connectivity index (χ0) is 10.6. The molecule has 80 valence electrons. The first-order chi connectivity index (χ1) is 6.63. The largest absolute Gasteiger partial charge is 0.350 e. The van der Waals surface area contributed by atoms with Crippen LogP contribution in [0.1, 0.15) is 39.5 Å². The Kier molecular flexibility index (Phi) is 4.18. The van der Waals surface area contributed by atoms with Crippen LogP contribution in [-0.4, -0.2) is 11.9 Å². The van der Waals surface area contributed by atoms with Gasteiger partial charge in [0, 0.05) is 6.04 Å². The van der Waals surface area contributed by atoms with Crippen molar-refractivity contribution in [1.29, 1.82) is 0 Å². The molecule has 0 radical (unpaired) electrons. The first-order valence-electron chi connectivity index (χ1n) is 5.56. The quantitative estimate of drug-likeness (QED) is 0.686. The van der Waals surface area contributed by atoms with Gasteiger partial charge in [-0.3, -0.25) is 4.79 Å². The molecule has 2 heteroatoms. The van der Waals surface area contributed by atoms with Crippen molar-refractivity contribution < 1.29 is 4.79 Å². The SMILES string of the molecule is C=CC(=O)NC1CCCC1CC(C)C. The van der Waals surface area contributed by atoms with Crippen LogP contribution in [-0.2, 0) is 4.79 Å². The summed E-state index contributed by atoms with van der Waals surface area (Å²) in [5.74, 6) is 1.38. The normalized spacial score (nSPS) is 26.5. The summed E-state index contributed by atoms with van der Waals surface area (Å²) in [6.45, 7) is 7.96. The van der Waals surface area contributed by atoms with E-state index in [1.165, 1.54) is 25.3 Å². The maximum Gasteiger partial charge on any atom is 0.243 e. The van der Waals surface area contributed by atoms with E-state index in [1.807, 2.05) is 0 Å². The van der Waals surface area contributed by atoms with Gasteiger partial charge in [0.2, 0.25) is 5.91 Å². The van der Waals surface area contributed by atoms with E-state index in [0.29, 0.717) is 12.0 Å². The molecule has 14 heavy (non-hydrogen) atoms. The smallest absolute Gasteiger partial charge is 0.243 e. The van der Waals surface area contributed by atoms with E-state index in [-0.39, 0.29) is 5.91 Å². The topological polar surface area (TPSA) is 29.1 Å². The Morgan fingerprint density at radius 2 is 2.29 bits per heavy atom. The van der Waals surface area contributed by atoms with Crippen LogP contribution in [0, 0.1) is 11.8 Å². The highest BCUT2D eigenvalue weighted by atomic mass is 16.1. The number of hydrogen-bond acceptors (Lipinski definition) is 1. The first kappa shape index (κ1) is 11.3. The maximum absolute atomic E-state index is 11.2. The fraction of sp³-hybridized carbons (Fsp3) is 0.750. The highest BCUT2D eigenvalue weighted by Crippen LogP contribution is 2.30. The van der Waals surface area contributed by atoms with Crippen molar-refractivity contribution >= 4 is 5.91 Å². The molecular weight excluding hydrogens is 174 g/mol. The van der Waals surface area contributed by atoms with E-state index in [9.17, 15) is 4.79 Å². The van der Waals surface area contributed by atoms with E-state index in [0.717, 1.165) is 12.3 Å². The molecule has 2 unspecified atom stereocenters. The lowest BCUT2D eigenvalue weighted by Gasteiger charge is -2.21. The standard InChI is InChI=1S/C12H21NO/c1-4-12(14)13-11-7-5-6-10(11)8-9(2)3/h4,9-11H,1,5-8H2,2-3H3,(H,13,14). The van der Waals surface area contributed by atoms with Crippen molar-refractivity contribution in [1.82, 2.24) is 5.32 Å². The van der Waals surface area contributed by atoms with Crippen LogP contribution < -0.4 is 5.32 Å². The summed E-state index contributed by atoms with van der Waals surface area (Å²) < 4.78 is 0. The zero-order valence-corrected chi connectivity index (χ0v) is 9.25. The number of rotatable bonds is 4. The molecule has 1 N–H and O–H groups in total. The molecule has 0 bridgehead atoms. The van der Waals surface area contributed by atoms with Crippen molar-refractivity contribution in [2.24, 2.45) is 11.8 Å². The molecule has 0 aromatic carbocycles. The van der Waals surface area contributed by atoms with Crippen molar-refractivity contribution in [3.05, 3.63) is 12.7 Å². The molecule has 1 saturated carbocycles. The molecule has 2 nitrogen and oxygen atoms in total. The van der Waals surface area contributed by atoms with Crippen molar-refractivity contribution in [2.45, 2.75) is 45.6 Å². The van der Waals surface area contributed by atoms with Crippen LogP contribution in [0.15, 0.2) is 12.7 Å². The molecule has 0 heterocycles. The molecule has 1 fully saturated rings. The fourth-order valence-electron chi connectivity index (χ4n) is 2.36. The van der Waals surface area contributed by atoms with Crippen LogP contribution in [0.2, 0.25) is 0 Å². The summed E-state index contributed by atoms with van der Waals surface area (Å²) in [5, 5.41) is 3.03. The average Bonchev–Trinajstić information content (AvgIpc) is 2.52. The molecule has 0 saturated heterocycles. The Morgan fingerprint density at radius 1 is 1.57 bits per heavy atom. The summed E-state index contributed by atoms with van der Waals surface area (Å²) in [4.78, 5) is 11.2. The van der Waals surface area contributed by atoms with Crippen molar-refractivity contribution in [2.75, 3.05) is 0 Å². The van der Waals surface area contributed by atoms with Gasteiger partial charge >= 0.3 is 0 Å². The van der Waals surface area contributed by atoms with Gasteiger partial charge in [-0.05, 0) is 37.2 Å². The third-order valence-electron chi connectivity index (χ3n) is 2.95. The second kappa shape index (κ2) is 5.18. The van der Waals surface area contributed by atoms with Gasteiger partial charge in [-0.25, -0.2) is 0 Å². The number of carbonyl (C=O) groups excluding carboxylic acids is 1. The predicted octanol–water partition coefficient (Wildman–Crippen LogP) is 2.50. The molecule has 1 aliphatic carbocycles. The van der Waals surface area contributed by atoms with Gasteiger partial charge in [0.1, 0.15) is 0 Å². The Bertz CT molecular complexity index is 210. The number of hydrogen-bond donors (Lipinski definition) is 1. The molecule has 0 aromatic rings. The molecule has 0 aliphatic heterocycles. The average molecular weight is 195 g/mol. The lowest BCUT2D eigenvalue weighted by Crippen LogP contribution is -2.36. The minimum Gasteiger partial charge on any atom is -0.350 e. The van der Waals surface area contributed by atoms with Crippen molar-refractivity contribution in [3.63, 3.8) is 0 Å². The number of amides is 1. The number of nitrogens with one attached hydrogen (secondary N) is 1. The van der Waals surface area contributed by atoms with Gasteiger partial charge in [0.05, 0.1) is 0 Å². The molecule has 1 amide bonds. The van der Waals surface area contributed by atoms with Crippen LogP contribution >= 0.6 is 0 Å². The highest BCUT2D eigenvalue weighted by molar-refractivity contribution is 5.87. The summed E-state index contributed by atoms with van der Waals surface area (Å²) in [5.41, 5.74) is 0. The maximum atomic E-state index is 11.2. The fourth-order valence-corrected chi connectivity index (χ4v) is 2.36. The molecule has 2 atom stereocenters. The second-order valence-electron chi connectivity index (χ2n) is 4.64. The van der Waals surface area contributed by atoms with E-state index in [1.54, 1.807) is 0 Å². The van der Waals surface area contributed by atoms with Crippen molar-refractivity contribution in [3.8, 4) is 0 Å². The lowest BCUT2D eigenvalue weighted by atomic mass is 9.93. The van der Waals surface area contributed by atoms with Crippen LogP contribution in [0.5, 0.6) is 0 Å². The molecule has 1 aliphatic rings. The third kappa shape index (κ3) is 3.17. The predicted molar refractivity (Wildman–Crippen MR) is 58.9 cm³/mol. The Labute approximate surface area is 86.8 Å². The van der Waals surface area contributed by atoms with E-state index < -0.39 is 0 Å². The minimum absolute atomic E-state index is 0.0225.